The van der Waals surface area contributed by atoms with Gasteiger partial charge in [0, 0.05) is 63.4 Å². The van der Waals surface area contributed by atoms with E-state index in [-0.39, 0.29) is 23.9 Å². The molecule has 1 N–H and O–H groups in total. The smallest absolute Gasteiger partial charge is 0.269 e. The van der Waals surface area contributed by atoms with Gasteiger partial charge in [-0.2, -0.15) is 0 Å². The summed E-state index contributed by atoms with van der Waals surface area (Å²) in [6.45, 7) is 3.53. The van der Waals surface area contributed by atoms with Gasteiger partial charge in [0.2, 0.25) is 5.91 Å². The van der Waals surface area contributed by atoms with E-state index in [4.69, 9.17) is 0 Å². The Morgan fingerprint density at radius 3 is 2.42 bits per heavy atom. The average molecular weight is 447 g/mol. The zero-order chi connectivity index (χ0) is 23.2. The predicted octanol–water partition coefficient (Wildman–Crippen LogP) is 3.21. The van der Waals surface area contributed by atoms with Crippen LogP contribution < -0.4 is 5.32 Å². The van der Waals surface area contributed by atoms with E-state index in [1.807, 2.05) is 47.4 Å². The van der Waals surface area contributed by atoms with Crippen LogP contribution in [-0.2, 0) is 11.3 Å². The number of nitro groups is 1. The van der Waals surface area contributed by atoms with Crippen LogP contribution in [0.4, 0.5) is 5.69 Å². The van der Waals surface area contributed by atoms with Crippen molar-refractivity contribution >= 4 is 28.3 Å². The summed E-state index contributed by atoms with van der Waals surface area (Å²) < 4.78 is 0. The zero-order valence-corrected chi connectivity index (χ0v) is 18.3. The van der Waals surface area contributed by atoms with Crippen LogP contribution in [0.25, 0.3) is 10.8 Å². The van der Waals surface area contributed by atoms with Crippen LogP contribution in [0.1, 0.15) is 22.3 Å². The molecule has 0 radical (unpaired) electrons. The van der Waals surface area contributed by atoms with E-state index in [1.165, 1.54) is 6.07 Å². The molecule has 33 heavy (non-hydrogen) atoms. The molecular weight excluding hydrogens is 420 g/mol. The summed E-state index contributed by atoms with van der Waals surface area (Å²) in [5, 5.41) is 15.9. The van der Waals surface area contributed by atoms with Crippen LogP contribution in [0.5, 0.6) is 0 Å². The normalized spacial score (nSPS) is 14.2. The number of nitro benzene ring substituents is 1. The number of hydrogen-bond donors (Lipinski definition) is 1. The lowest BCUT2D eigenvalue weighted by atomic mass is 10.1. The second kappa shape index (κ2) is 10.2. The van der Waals surface area contributed by atoms with Gasteiger partial charge in [0.15, 0.2) is 0 Å². The van der Waals surface area contributed by atoms with Crippen molar-refractivity contribution in [3.8, 4) is 0 Å². The van der Waals surface area contributed by atoms with Crippen molar-refractivity contribution in [1.29, 1.82) is 0 Å². The largest absolute Gasteiger partial charge is 0.352 e. The Morgan fingerprint density at radius 2 is 1.67 bits per heavy atom. The Morgan fingerprint density at radius 1 is 0.909 bits per heavy atom. The van der Waals surface area contributed by atoms with Gasteiger partial charge in [0.05, 0.1) is 4.92 Å². The van der Waals surface area contributed by atoms with E-state index >= 15 is 0 Å². The van der Waals surface area contributed by atoms with Gasteiger partial charge >= 0.3 is 0 Å². The Hall–Kier alpha value is -3.78. The third-order valence-corrected chi connectivity index (χ3v) is 5.89. The van der Waals surface area contributed by atoms with Crippen LogP contribution in [-0.4, -0.2) is 59.3 Å². The Kier molecular flexibility index (Phi) is 6.95. The van der Waals surface area contributed by atoms with Crippen LogP contribution in [0.15, 0.2) is 66.7 Å². The number of carbonyl (C=O) groups is 2. The first-order chi connectivity index (χ1) is 16.0. The molecule has 8 nitrogen and oxygen atoms in total. The van der Waals surface area contributed by atoms with Gasteiger partial charge in [-0.05, 0) is 28.5 Å². The van der Waals surface area contributed by atoms with Crippen molar-refractivity contribution in [2.45, 2.75) is 13.0 Å². The number of non-ortho nitro benzene ring substituents is 1. The second-order valence-electron chi connectivity index (χ2n) is 8.15. The summed E-state index contributed by atoms with van der Waals surface area (Å²) in [5.74, 6) is -0.167. The molecule has 0 aromatic heterocycles. The van der Waals surface area contributed by atoms with Crippen LogP contribution in [0, 0.1) is 10.1 Å². The van der Waals surface area contributed by atoms with E-state index in [0.717, 1.165) is 16.3 Å². The molecule has 0 aliphatic carbocycles. The summed E-state index contributed by atoms with van der Waals surface area (Å²) in [7, 11) is 0. The quantitative estimate of drug-likeness (QED) is 0.444. The zero-order valence-electron chi connectivity index (χ0n) is 18.3. The summed E-state index contributed by atoms with van der Waals surface area (Å²) in [5.41, 5.74) is 1.56. The fourth-order valence-corrected chi connectivity index (χ4v) is 4.06. The summed E-state index contributed by atoms with van der Waals surface area (Å²) in [6.07, 6.45) is 0.254. The minimum absolute atomic E-state index is 0.0174. The Labute approximate surface area is 191 Å². The number of nitrogens with zero attached hydrogens (tertiary/aromatic N) is 3. The van der Waals surface area contributed by atoms with E-state index in [2.05, 4.69) is 10.2 Å². The predicted molar refractivity (Wildman–Crippen MR) is 126 cm³/mol. The molecule has 0 spiro atoms. The number of nitrogens with one attached hydrogen (secondary N) is 1. The van der Waals surface area contributed by atoms with E-state index in [0.29, 0.717) is 44.8 Å². The number of carbonyl (C=O) groups excluding carboxylic acids is 2. The van der Waals surface area contributed by atoms with E-state index in [1.54, 1.807) is 18.2 Å². The minimum atomic E-state index is -0.390. The number of rotatable bonds is 7. The molecule has 0 unspecified atom stereocenters. The number of fused-ring (bicyclic) bond motifs is 1. The maximum atomic E-state index is 12.6. The van der Waals surface area contributed by atoms with Gasteiger partial charge in [-0.25, -0.2) is 0 Å². The van der Waals surface area contributed by atoms with Gasteiger partial charge in [-0.1, -0.05) is 42.5 Å². The second-order valence-corrected chi connectivity index (χ2v) is 8.15. The molecule has 0 bridgehead atoms. The summed E-state index contributed by atoms with van der Waals surface area (Å²) in [4.78, 5) is 39.6. The molecule has 0 saturated carbocycles. The average Bonchev–Trinajstić information content (AvgIpc) is 2.84. The molecule has 1 saturated heterocycles. The topological polar surface area (TPSA) is 95.8 Å². The third kappa shape index (κ3) is 5.72. The van der Waals surface area contributed by atoms with Gasteiger partial charge in [0.1, 0.15) is 0 Å². The van der Waals surface area contributed by atoms with Crippen molar-refractivity contribution in [2.75, 3.05) is 32.7 Å². The third-order valence-electron chi connectivity index (χ3n) is 5.89. The lowest BCUT2D eigenvalue weighted by Gasteiger charge is -2.34. The van der Waals surface area contributed by atoms with E-state index < -0.39 is 4.92 Å². The first-order valence-corrected chi connectivity index (χ1v) is 11.0. The number of amides is 2. The Balaban J connectivity index is 1.21. The molecule has 1 aliphatic rings. The van der Waals surface area contributed by atoms with Gasteiger partial charge in [0.25, 0.3) is 11.6 Å². The minimum Gasteiger partial charge on any atom is -0.352 e. The fourth-order valence-electron chi connectivity index (χ4n) is 4.06. The first kappa shape index (κ1) is 22.4. The maximum absolute atomic E-state index is 12.6. The van der Waals surface area contributed by atoms with E-state index in [9.17, 15) is 19.7 Å². The highest BCUT2D eigenvalue weighted by atomic mass is 16.6. The monoisotopic (exact) mass is 446 g/mol. The molecule has 1 aliphatic heterocycles. The molecule has 4 rings (SSSR count). The highest BCUT2D eigenvalue weighted by Crippen LogP contribution is 2.17. The maximum Gasteiger partial charge on any atom is 0.269 e. The SMILES string of the molecule is O=C(NCCC(=O)N1CCN(Cc2cccc([N+](=O)[O-])c2)CC1)c1ccc2ccccc2c1. The fraction of sp³-hybridized carbons (Fsp3) is 0.280. The first-order valence-electron chi connectivity index (χ1n) is 11.0. The molecule has 8 heteroatoms. The molecule has 0 atom stereocenters. The van der Waals surface area contributed by atoms with Gasteiger partial charge < -0.3 is 10.2 Å². The summed E-state index contributed by atoms with van der Waals surface area (Å²) in [6, 6.07) is 20.1. The molecule has 3 aromatic carbocycles. The van der Waals surface area contributed by atoms with Crippen LogP contribution in [0.3, 0.4) is 0 Å². The highest BCUT2D eigenvalue weighted by Gasteiger charge is 2.21. The van der Waals surface area contributed by atoms with Gasteiger partial charge in [-0.3, -0.25) is 24.6 Å². The van der Waals surface area contributed by atoms with Crippen molar-refractivity contribution in [1.82, 2.24) is 15.1 Å². The van der Waals surface area contributed by atoms with Crippen molar-refractivity contribution in [3.63, 3.8) is 0 Å². The lowest BCUT2D eigenvalue weighted by Crippen LogP contribution is -2.48. The Bertz CT molecular complexity index is 1170. The van der Waals surface area contributed by atoms with Crippen molar-refractivity contribution < 1.29 is 14.5 Å². The molecule has 170 valence electrons. The van der Waals surface area contributed by atoms with Crippen molar-refractivity contribution in [2.24, 2.45) is 0 Å². The number of benzene rings is 3. The number of piperazine rings is 1. The molecule has 2 amide bonds. The number of hydrogen-bond acceptors (Lipinski definition) is 5. The van der Waals surface area contributed by atoms with Crippen LogP contribution in [0.2, 0.25) is 0 Å². The standard InChI is InChI=1S/C25H26N4O4/c30-24(10-11-26-25(31)22-9-8-20-5-1-2-6-21(20)17-22)28-14-12-27(13-15-28)18-19-4-3-7-23(16-19)29(32)33/h1-9,16-17H,10-15,18H2,(H,26,31). The molecule has 3 aromatic rings. The lowest BCUT2D eigenvalue weighted by molar-refractivity contribution is -0.384. The summed E-state index contributed by atoms with van der Waals surface area (Å²) >= 11 is 0. The van der Waals surface area contributed by atoms with Crippen molar-refractivity contribution in [3.05, 3.63) is 88.0 Å². The van der Waals surface area contributed by atoms with Gasteiger partial charge in [-0.15, -0.1) is 0 Å². The molecular formula is C25H26N4O4. The highest BCUT2D eigenvalue weighted by molar-refractivity contribution is 5.98. The molecule has 1 fully saturated rings. The van der Waals surface area contributed by atoms with Crippen LogP contribution >= 0.6 is 0 Å². The molecule has 1 heterocycles.